The van der Waals surface area contributed by atoms with Crippen LogP contribution in [0.2, 0.25) is 0 Å². The first kappa shape index (κ1) is 10.5. The molecule has 2 aliphatic carbocycles. The van der Waals surface area contributed by atoms with Crippen LogP contribution in [-0.4, -0.2) is 5.78 Å². The lowest BCUT2D eigenvalue weighted by molar-refractivity contribution is -0.121. The zero-order chi connectivity index (χ0) is 11.2. The van der Waals surface area contributed by atoms with Gasteiger partial charge in [0.15, 0.2) is 0 Å². The van der Waals surface area contributed by atoms with Gasteiger partial charge in [0, 0.05) is 17.3 Å². The lowest BCUT2D eigenvalue weighted by Crippen LogP contribution is -2.29. The Balaban J connectivity index is 1.99. The Morgan fingerprint density at radius 1 is 1.06 bits per heavy atom. The van der Waals surface area contributed by atoms with Gasteiger partial charge in [0.25, 0.3) is 0 Å². The van der Waals surface area contributed by atoms with E-state index >= 15 is 0 Å². The third-order valence-corrected chi connectivity index (χ3v) is 4.77. The standard InChI is InChI=1S/C14H15BrO/c15-11-1-2-13-10(9-11)3-6-14(13)7-4-12(16)5-8-14/h1-2,9H,3-8H2. The van der Waals surface area contributed by atoms with Gasteiger partial charge in [-0.15, -0.1) is 0 Å². The number of hydrogen-bond acceptors (Lipinski definition) is 1. The van der Waals surface area contributed by atoms with E-state index in [4.69, 9.17) is 0 Å². The molecule has 0 unspecified atom stereocenters. The van der Waals surface area contributed by atoms with Crippen LogP contribution >= 0.6 is 15.9 Å². The highest BCUT2D eigenvalue weighted by atomic mass is 79.9. The molecule has 84 valence electrons. The maximum absolute atomic E-state index is 11.4. The average Bonchev–Trinajstić information content (AvgIpc) is 2.62. The third-order valence-electron chi connectivity index (χ3n) is 4.28. The molecule has 0 saturated heterocycles. The van der Waals surface area contributed by atoms with Crippen molar-refractivity contribution in [1.82, 2.24) is 0 Å². The number of aryl methyl sites for hydroxylation is 1. The van der Waals surface area contributed by atoms with Gasteiger partial charge in [-0.05, 0) is 54.4 Å². The summed E-state index contributed by atoms with van der Waals surface area (Å²) in [5.74, 6) is 0.455. The predicted octanol–water partition coefficient (Wildman–Crippen LogP) is 3.78. The molecule has 0 aliphatic heterocycles. The van der Waals surface area contributed by atoms with Gasteiger partial charge in [-0.2, -0.15) is 0 Å². The molecule has 0 N–H and O–H groups in total. The van der Waals surface area contributed by atoms with Crippen LogP contribution in [0.25, 0.3) is 0 Å². The van der Waals surface area contributed by atoms with Crippen molar-refractivity contribution >= 4 is 21.7 Å². The van der Waals surface area contributed by atoms with E-state index in [9.17, 15) is 4.79 Å². The first-order valence-electron chi connectivity index (χ1n) is 6.00. The van der Waals surface area contributed by atoms with E-state index in [-0.39, 0.29) is 0 Å². The number of ketones is 1. The van der Waals surface area contributed by atoms with E-state index < -0.39 is 0 Å². The quantitative estimate of drug-likeness (QED) is 0.706. The van der Waals surface area contributed by atoms with Gasteiger partial charge in [0.2, 0.25) is 0 Å². The second-order valence-corrected chi connectivity index (χ2v) is 6.04. The summed E-state index contributed by atoms with van der Waals surface area (Å²) in [6.45, 7) is 0. The van der Waals surface area contributed by atoms with Gasteiger partial charge in [0.1, 0.15) is 5.78 Å². The van der Waals surface area contributed by atoms with Crippen molar-refractivity contribution in [1.29, 1.82) is 0 Å². The monoisotopic (exact) mass is 278 g/mol. The number of carbonyl (C=O) groups is 1. The molecule has 1 aromatic rings. The molecule has 0 amide bonds. The zero-order valence-electron chi connectivity index (χ0n) is 9.26. The number of carbonyl (C=O) groups excluding carboxylic acids is 1. The fraction of sp³-hybridized carbons (Fsp3) is 0.500. The van der Waals surface area contributed by atoms with Crippen molar-refractivity contribution in [3.63, 3.8) is 0 Å². The Kier molecular flexibility index (Phi) is 2.43. The van der Waals surface area contributed by atoms with Crippen LogP contribution in [0.1, 0.15) is 43.2 Å². The summed E-state index contributed by atoms with van der Waals surface area (Å²) < 4.78 is 1.18. The lowest BCUT2D eigenvalue weighted by atomic mass is 9.70. The first-order valence-corrected chi connectivity index (χ1v) is 6.80. The van der Waals surface area contributed by atoms with Gasteiger partial charge < -0.3 is 0 Å². The number of benzene rings is 1. The van der Waals surface area contributed by atoms with Gasteiger partial charge in [-0.1, -0.05) is 22.0 Å². The van der Waals surface area contributed by atoms with Crippen molar-refractivity contribution < 1.29 is 4.79 Å². The molecule has 3 rings (SSSR count). The normalized spacial score (nSPS) is 22.4. The summed E-state index contributed by atoms with van der Waals surface area (Å²) in [7, 11) is 0. The van der Waals surface area contributed by atoms with E-state index in [0.29, 0.717) is 11.2 Å². The molecular weight excluding hydrogens is 264 g/mol. The Morgan fingerprint density at radius 2 is 1.75 bits per heavy atom. The Bertz CT molecular complexity index is 440. The number of Topliss-reactive ketones (excluding diaryl/α,β-unsaturated/α-hetero) is 1. The molecule has 1 fully saturated rings. The minimum atomic E-state index is 0.337. The Morgan fingerprint density at radius 3 is 2.50 bits per heavy atom. The summed E-state index contributed by atoms with van der Waals surface area (Å²) >= 11 is 3.53. The number of fused-ring (bicyclic) bond motifs is 2. The van der Waals surface area contributed by atoms with Crippen molar-refractivity contribution in [3.8, 4) is 0 Å². The highest BCUT2D eigenvalue weighted by molar-refractivity contribution is 9.10. The molecule has 0 heterocycles. The van der Waals surface area contributed by atoms with Gasteiger partial charge >= 0.3 is 0 Å². The average molecular weight is 279 g/mol. The first-order chi connectivity index (χ1) is 7.70. The largest absolute Gasteiger partial charge is 0.300 e. The van der Waals surface area contributed by atoms with Gasteiger partial charge in [-0.25, -0.2) is 0 Å². The smallest absolute Gasteiger partial charge is 0.132 e. The summed E-state index contributed by atoms with van der Waals surface area (Å²) in [5.41, 5.74) is 3.34. The second kappa shape index (κ2) is 3.69. The maximum Gasteiger partial charge on any atom is 0.132 e. The minimum absolute atomic E-state index is 0.337. The zero-order valence-corrected chi connectivity index (χ0v) is 10.8. The molecular formula is C14H15BrO. The number of halogens is 1. The van der Waals surface area contributed by atoms with E-state index in [2.05, 4.69) is 34.1 Å². The fourth-order valence-electron chi connectivity index (χ4n) is 3.32. The van der Waals surface area contributed by atoms with Crippen LogP contribution in [0.4, 0.5) is 0 Å². The van der Waals surface area contributed by atoms with Crippen LogP contribution in [0.5, 0.6) is 0 Å². The summed E-state index contributed by atoms with van der Waals surface area (Å²) in [6, 6.07) is 6.66. The van der Waals surface area contributed by atoms with E-state index in [1.54, 1.807) is 0 Å². The highest BCUT2D eigenvalue weighted by Crippen LogP contribution is 2.48. The van der Waals surface area contributed by atoms with E-state index in [1.165, 1.54) is 28.4 Å². The molecule has 16 heavy (non-hydrogen) atoms. The SMILES string of the molecule is O=C1CCC2(CC1)CCc1cc(Br)ccc12. The van der Waals surface area contributed by atoms with Crippen LogP contribution in [-0.2, 0) is 16.6 Å². The number of rotatable bonds is 0. The Hall–Kier alpha value is -0.630. The second-order valence-electron chi connectivity index (χ2n) is 5.12. The van der Waals surface area contributed by atoms with Crippen LogP contribution in [0, 0.1) is 0 Å². The molecule has 1 nitrogen and oxygen atoms in total. The molecule has 2 heteroatoms. The summed E-state index contributed by atoms with van der Waals surface area (Å²) in [5, 5.41) is 0. The van der Waals surface area contributed by atoms with Crippen molar-refractivity contribution in [3.05, 3.63) is 33.8 Å². The number of hydrogen-bond donors (Lipinski definition) is 0. The molecule has 1 spiro atoms. The van der Waals surface area contributed by atoms with Crippen molar-refractivity contribution in [2.45, 2.75) is 43.9 Å². The minimum Gasteiger partial charge on any atom is -0.300 e. The van der Waals surface area contributed by atoms with Crippen LogP contribution in [0.15, 0.2) is 22.7 Å². The molecule has 1 aromatic carbocycles. The molecule has 2 aliphatic rings. The topological polar surface area (TPSA) is 17.1 Å². The molecule has 0 aromatic heterocycles. The molecule has 0 bridgehead atoms. The predicted molar refractivity (Wildman–Crippen MR) is 67.6 cm³/mol. The van der Waals surface area contributed by atoms with Crippen LogP contribution in [0.3, 0.4) is 0 Å². The van der Waals surface area contributed by atoms with Gasteiger partial charge in [0.05, 0.1) is 0 Å². The lowest BCUT2D eigenvalue weighted by Gasteiger charge is -2.33. The summed E-state index contributed by atoms with van der Waals surface area (Å²) in [4.78, 5) is 11.4. The van der Waals surface area contributed by atoms with Gasteiger partial charge in [-0.3, -0.25) is 4.79 Å². The van der Waals surface area contributed by atoms with Crippen molar-refractivity contribution in [2.75, 3.05) is 0 Å². The van der Waals surface area contributed by atoms with E-state index in [1.807, 2.05) is 0 Å². The fourth-order valence-corrected chi connectivity index (χ4v) is 3.73. The maximum atomic E-state index is 11.4. The highest BCUT2D eigenvalue weighted by Gasteiger charge is 2.40. The third kappa shape index (κ3) is 1.55. The van der Waals surface area contributed by atoms with Crippen molar-refractivity contribution in [2.24, 2.45) is 0 Å². The molecule has 0 radical (unpaired) electrons. The molecule has 1 saturated carbocycles. The molecule has 0 atom stereocenters. The van der Waals surface area contributed by atoms with Crippen LogP contribution < -0.4 is 0 Å². The Labute approximate surface area is 104 Å². The summed E-state index contributed by atoms with van der Waals surface area (Å²) in [6.07, 6.45) is 6.14. The van der Waals surface area contributed by atoms with E-state index in [0.717, 1.165) is 25.7 Å².